The van der Waals surface area contributed by atoms with Crippen molar-refractivity contribution in [2.75, 3.05) is 0 Å². The van der Waals surface area contributed by atoms with Crippen LogP contribution in [-0.4, -0.2) is 0 Å². The highest BCUT2D eigenvalue weighted by Gasteiger charge is 1.95. The van der Waals surface area contributed by atoms with E-state index in [1.54, 1.807) is 0 Å². The van der Waals surface area contributed by atoms with Crippen LogP contribution < -0.4 is 0 Å². The lowest BCUT2D eigenvalue weighted by atomic mass is 10.0. The molecule has 0 bridgehead atoms. The summed E-state index contributed by atoms with van der Waals surface area (Å²) in [6.45, 7) is 11.1. The van der Waals surface area contributed by atoms with Crippen LogP contribution in [0.1, 0.15) is 66.7 Å². The maximum Gasteiger partial charge on any atom is -0.0259 e. The summed E-state index contributed by atoms with van der Waals surface area (Å²) >= 11 is 0. The molecule has 0 spiro atoms. The zero-order chi connectivity index (χ0) is 13.1. The molecule has 1 atom stereocenters. The van der Waals surface area contributed by atoms with Gasteiger partial charge in [0.15, 0.2) is 0 Å². The Hall–Kier alpha value is -0.780. The minimum atomic E-state index is 0.719. The zero-order valence-corrected chi connectivity index (χ0v) is 12.4. The summed E-state index contributed by atoms with van der Waals surface area (Å²) in [5, 5.41) is 0. The van der Waals surface area contributed by atoms with Crippen LogP contribution in [0.5, 0.6) is 0 Å². The molecule has 1 unspecified atom stereocenters. The minimum absolute atomic E-state index is 0.719. The molecule has 98 valence electrons. The highest BCUT2D eigenvalue weighted by molar-refractivity contribution is 5.02. The van der Waals surface area contributed by atoms with Gasteiger partial charge in [-0.15, -0.1) is 0 Å². The van der Waals surface area contributed by atoms with Crippen LogP contribution in [0.2, 0.25) is 0 Å². The first-order valence-electron chi connectivity index (χ1n) is 7.02. The second-order valence-electron chi connectivity index (χ2n) is 5.26. The summed E-state index contributed by atoms with van der Waals surface area (Å²) in [4.78, 5) is 0. The van der Waals surface area contributed by atoms with E-state index in [0.29, 0.717) is 0 Å². The fourth-order valence-electron chi connectivity index (χ4n) is 1.75. The van der Waals surface area contributed by atoms with E-state index >= 15 is 0 Å². The molecule has 17 heavy (non-hydrogen) atoms. The summed E-state index contributed by atoms with van der Waals surface area (Å²) < 4.78 is 0. The predicted octanol–water partition coefficient (Wildman–Crippen LogP) is 6.06. The zero-order valence-electron chi connectivity index (χ0n) is 12.4. The van der Waals surface area contributed by atoms with Gasteiger partial charge in [0.25, 0.3) is 0 Å². The SMILES string of the molecule is CC/C=C/C(C)CCC=C(C)CCC=C(C)C. The molecule has 0 heteroatoms. The van der Waals surface area contributed by atoms with Crippen LogP contribution in [0, 0.1) is 5.92 Å². The van der Waals surface area contributed by atoms with Crippen molar-refractivity contribution in [2.24, 2.45) is 5.92 Å². The van der Waals surface area contributed by atoms with Crippen LogP contribution in [0.3, 0.4) is 0 Å². The highest BCUT2D eigenvalue weighted by Crippen LogP contribution is 2.12. The number of hydrogen-bond donors (Lipinski definition) is 0. The lowest BCUT2D eigenvalue weighted by molar-refractivity contribution is 0.653. The van der Waals surface area contributed by atoms with Gasteiger partial charge in [-0.05, 0) is 58.8 Å². The topological polar surface area (TPSA) is 0 Å². The minimum Gasteiger partial charge on any atom is -0.0885 e. The van der Waals surface area contributed by atoms with Gasteiger partial charge in [0.1, 0.15) is 0 Å². The summed E-state index contributed by atoms with van der Waals surface area (Å²) in [6, 6.07) is 0. The Morgan fingerprint density at radius 3 is 2.35 bits per heavy atom. The van der Waals surface area contributed by atoms with Crippen molar-refractivity contribution in [2.45, 2.75) is 66.7 Å². The van der Waals surface area contributed by atoms with Crippen molar-refractivity contribution in [1.82, 2.24) is 0 Å². The van der Waals surface area contributed by atoms with Crippen molar-refractivity contribution < 1.29 is 0 Å². The Kier molecular flexibility index (Phi) is 9.90. The molecule has 0 N–H and O–H groups in total. The third-order valence-electron chi connectivity index (χ3n) is 2.91. The van der Waals surface area contributed by atoms with Gasteiger partial charge < -0.3 is 0 Å². The summed E-state index contributed by atoms with van der Waals surface area (Å²) in [5.74, 6) is 0.719. The van der Waals surface area contributed by atoms with Crippen molar-refractivity contribution >= 4 is 0 Å². The fraction of sp³-hybridized carbons (Fsp3) is 0.647. The molecule has 0 aliphatic heterocycles. The summed E-state index contributed by atoms with van der Waals surface area (Å²) in [7, 11) is 0. The van der Waals surface area contributed by atoms with Crippen molar-refractivity contribution in [3.63, 3.8) is 0 Å². The molecule has 0 aromatic rings. The van der Waals surface area contributed by atoms with Gasteiger partial charge in [-0.3, -0.25) is 0 Å². The molecule has 0 aliphatic carbocycles. The molecule has 0 heterocycles. The van der Waals surface area contributed by atoms with E-state index in [-0.39, 0.29) is 0 Å². The average Bonchev–Trinajstić information content (AvgIpc) is 2.25. The molecule has 0 aromatic carbocycles. The van der Waals surface area contributed by atoms with E-state index in [1.807, 2.05) is 0 Å². The normalized spacial score (nSPS) is 14.1. The first kappa shape index (κ1) is 16.2. The Bertz CT molecular complexity index is 262. The molecular weight excluding hydrogens is 204 g/mol. The third kappa shape index (κ3) is 11.5. The lowest BCUT2D eigenvalue weighted by Crippen LogP contribution is -1.88. The van der Waals surface area contributed by atoms with Gasteiger partial charge in [0.2, 0.25) is 0 Å². The van der Waals surface area contributed by atoms with E-state index in [9.17, 15) is 0 Å². The molecule has 0 fully saturated rings. The molecule has 0 radical (unpaired) electrons. The molecule has 0 aromatic heterocycles. The third-order valence-corrected chi connectivity index (χ3v) is 2.91. The van der Waals surface area contributed by atoms with Gasteiger partial charge >= 0.3 is 0 Å². The lowest BCUT2D eigenvalue weighted by Gasteiger charge is -2.04. The standard InChI is InChI=1S/C17H30/c1-6-7-11-16(4)13-9-14-17(5)12-8-10-15(2)3/h7,10-11,14,16H,6,8-9,12-13H2,1-5H3/b11-7+,17-14?. The molecule has 0 saturated heterocycles. The Balaban J connectivity index is 3.76. The van der Waals surface area contributed by atoms with Gasteiger partial charge in [0, 0.05) is 0 Å². The Labute approximate surface area is 109 Å². The van der Waals surface area contributed by atoms with E-state index in [0.717, 1.165) is 12.3 Å². The van der Waals surface area contributed by atoms with Crippen LogP contribution >= 0.6 is 0 Å². The van der Waals surface area contributed by atoms with E-state index in [1.165, 1.54) is 36.8 Å². The maximum atomic E-state index is 2.41. The van der Waals surface area contributed by atoms with Crippen LogP contribution in [0.4, 0.5) is 0 Å². The van der Waals surface area contributed by atoms with Gasteiger partial charge in [-0.1, -0.05) is 49.3 Å². The second kappa shape index (κ2) is 10.4. The van der Waals surface area contributed by atoms with Crippen LogP contribution in [0.25, 0.3) is 0 Å². The van der Waals surface area contributed by atoms with Crippen LogP contribution in [-0.2, 0) is 0 Å². The number of allylic oxidation sites excluding steroid dienone is 6. The van der Waals surface area contributed by atoms with Crippen molar-refractivity contribution in [3.8, 4) is 0 Å². The molecule has 0 rings (SSSR count). The predicted molar refractivity (Wildman–Crippen MR) is 80.3 cm³/mol. The second-order valence-corrected chi connectivity index (χ2v) is 5.26. The Morgan fingerprint density at radius 1 is 1.06 bits per heavy atom. The molecular formula is C17H30. The molecule has 0 nitrogen and oxygen atoms in total. The van der Waals surface area contributed by atoms with Crippen molar-refractivity contribution in [1.29, 1.82) is 0 Å². The Morgan fingerprint density at radius 2 is 1.76 bits per heavy atom. The smallest absolute Gasteiger partial charge is 0.0259 e. The first-order chi connectivity index (χ1) is 8.06. The molecule has 0 aliphatic rings. The number of hydrogen-bond acceptors (Lipinski definition) is 0. The largest absolute Gasteiger partial charge is 0.0885 e. The van der Waals surface area contributed by atoms with Gasteiger partial charge in [0.05, 0.1) is 0 Å². The summed E-state index contributed by atoms with van der Waals surface area (Å²) in [5.41, 5.74) is 2.96. The molecule has 0 amide bonds. The average molecular weight is 234 g/mol. The fourth-order valence-corrected chi connectivity index (χ4v) is 1.75. The van der Waals surface area contributed by atoms with E-state index < -0.39 is 0 Å². The van der Waals surface area contributed by atoms with Gasteiger partial charge in [-0.25, -0.2) is 0 Å². The van der Waals surface area contributed by atoms with Gasteiger partial charge in [-0.2, -0.15) is 0 Å². The highest BCUT2D eigenvalue weighted by atomic mass is 14.0. The first-order valence-corrected chi connectivity index (χ1v) is 7.02. The van der Waals surface area contributed by atoms with Crippen molar-refractivity contribution in [3.05, 3.63) is 35.5 Å². The van der Waals surface area contributed by atoms with E-state index in [4.69, 9.17) is 0 Å². The quantitative estimate of drug-likeness (QED) is 0.448. The number of rotatable bonds is 8. The molecule has 0 saturated carbocycles. The summed E-state index contributed by atoms with van der Waals surface area (Å²) in [6.07, 6.45) is 15.4. The maximum absolute atomic E-state index is 2.41. The van der Waals surface area contributed by atoms with Crippen LogP contribution in [0.15, 0.2) is 35.5 Å². The monoisotopic (exact) mass is 234 g/mol. The van der Waals surface area contributed by atoms with E-state index in [2.05, 4.69) is 58.9 Å².